The molecule has 2 aliphatic heterocycles. The molecule has 0 aromatic rings. The Morgan fingerprint density at radius 2 is 1.38 bits per heavy atom. The van der Waals surface area contributed by atoms with Crippen LogP contribution >= 0.6 is 0 Å². The van der Waals surface area contributed by atoms with Crippen LogP contribution in [0.2, 0.25) is 0 Å². The van der Waals surface area contributed by atoms with Gasteiger partial charge < -0.3 is 10.2 Å². The predicted molar refractivity (Wildman–Crippen MR) is 108 cm³/mol. The van der Waals surface area contributed by atoms with Crippen molar-refractivity contribution in [3.63, 3.8) is 0 Å². The van der Waals surface area contributed by atoms with Gasteiger partial charge in [0.25, 0.3) is 0 Å². The van der Waals surface area contributed by atoms with E-state index in [1.54, 1.807) is 32.0 Å². The number of nitrogens with zero attached hydrogens (tertiary/aromatic N) is 2. The Labute approximate surface area is 160 Å². The monoisotopic (exact) mass is 411 g/mol. The van der Waals surface area contributed by atoms with Gasteiger partial charge in [-0.2, -0.15) is 4.31 Å². The molecular weight excluding hydrogens is 374 g/mol. The number of sulfone groups is 1. The molecule has 0 aromatic heterocycles. The lowest BCUT2D eigenvalue weighted by Gasteiger charge is -2.32. The van der Waals surface area contributed by atoms with E-state index in [2.05, 4.69) is 10.2 Å². The van der Waals surface area contributed by atoms with Gasteiger partial charge in [0.15, 0.2) is 9.84 Å². The fourth-order valence-corrected chi connectivity index (χ4v) is 5.55. The third kappa shape index (κ3) is 7.42. The third-order valence-electron chi connectivity index (χ3n) is 5.06. The topological polar surface area (TPSA) is 86.8 Å². The zero-order chi connectivity index (χ0) is 20.0. The summed E-state index contributed by atoms with van der Waals surface area (Å²) in [6, 6.07) is 0. The molecule has 2 aliphatic rings. The molecule has 0 atom stereocenters. The second kappa shape index (κ2) is 10.4. The fourth-order valence-electron chi connectivity index (χ4n) is 2.91. The maximum absolute atomic E-state index is 11.7. The Bertz CT molecular complexity index is 604. The van der Waals surface area contributed by atoms with E-state index in [0.717, 1.165) is 39.0 Å². The van der Waals surface area contributed by atoms with Crippen LogP contribution < -0.4 is 5.32 Å². The first kappa shape index (κ1) is 23.8. The summed E-state index contributed by atoms with van der Waals surface area (Å²) >= 11 is 0. The Hall–Kier alpha value is -0.220. The highest BCUT2D eigenvalue weighted by atomic mass is 32.2. The molecule has 156 valence electrons. The van der Waals surface area contributed by atoms with Crippen molar-refractivity contribution < 1.29 is 16.8 Å². The van der Waals surface area contributed by atoms with E-state index in [0.29, 0.717) is 24.8 Å². The number of hydrogen-bond acceptors (Lipinski definition) is 6. The van der Waals surface area contributed by atoms with Crippen LogP contribution in [0.3, 0.4) is 0 Å². The van der Waals surface area contributed by atoms with E-state index in [4.69, 9.17) is 0 Å². The summed E-state index contributed by atoms with van der Waals surface area (Å²) in [5.74, 6) is 0.764. The molecule has 26 heavy (non-hydrogen) atoms. The highest BCUT2D eigenvalue weighted by Gasteiger charge is 2.28. The van der Waals surface area contributed by atoms with Gasteiger partial charge in [-0.25, -0.2) is 16.8 Å². The summed E-state index contributed by atoms with van der Waals surface area (Å²) in [4.78, 5) is 2.15. The summed E-state index contributed by atoms with van der Waals surface area (Å²) < 4.78 is 48.2. The molecule has 0 aliphatic carbocycles. The Morgan fingerprint density at radius 1 is 0.885 bits per heavy atom. The van der Waals surface area contributed by atoms with E-state index in [1.165, 1.54) is 0 Å². The summed E-state index contributed by atoms with van der Waals surface area (Å²) in [7, 11) is -3.83. The highest BCUT2D eigenvalue weighted by molar-refractivity contribution is 7.92. The van der Waals surface area contributed by atoms with Gasteiger partial charge in [0.2, 0.25) is 10.0 Å². The maximum Gasteiger partial charge on any atom is 0.216 e. The zero-order valence-corrected chi connectivity index (χ0v) is 18.6. The number of piperidine rings is 1. The van der Waals surface area contributed by atoms with Crippen LogP contribution in [0.15, 0.2) is 0 Å². The number of piperazine rings is 1. The van der Waals surface area contributed by atoms with Gasteiger partial charge in [0.05, 0.1) is 16.3 Å². The van der Waals surface area contributed by atoms with Crippen LogP contribution in [0.4, 0.5) is 0 Å². The van der Waals surface area contributed by atoms with Crippen LogP contribution in [0.25, 0.3) is 0 Å². The predicted octanol–water partition coefficient (Wildman–Crippen LogP) is 0.781. The fraction of sp³-hybridized carbons (Fsp3) is 1.00. The SMILES string of the molecule is CC(C)S(=O)(=O)CC1CCNCC1.CC(C)S(=O)(=O)N1CCN(C)CC1. The Balaban J connectivity index is 0.000000260. The van der Waals surface area contributed by atoms with Crippen molar-refractivity contribution in [2.45, 2.75) is 51.0 Å². The number of sulfonamides is 1. The average Bonchev–Trinajstić information content (AvgIpc) is 2.56. The quantitative estimate of drug-likeness (QED) is 0.719. The molecule has 0 spiro atoms. The van der Waals surface area contributed by atoms with Gasteiger partial charge in [-0.05, 0) is 66.6 Å². The average molecular weight is 412 g/mol. The zero-order valence-electron chi connectivity index (χ0n) is 16.9. The normalized spacial score (nSPS) is 21.7. The molecule has 2 fully saturated rings. The smallest absolute Gasteiger partial charge is 0.216 e. The van der Waals surface area contributed by atoms with Crippen molar-refractivity contribution >= 4 is 19.9 Å². The number of hydrogen-bond donors (Lipinski definition) is 1. The first-order chi connectivity index (χ1) is 12.0. The van der Waals surface area contributed by atoms with Crippen LogP contribution in [-0.2, 0) is 19.9 Å². The van der Waals surface area contributed by atoms with E-state index in [9.17, 15) is 16.8 Å². The molecule has 0 saturated carbocycles. The minimum atomic E-state index is -3.02. The van der Waals surface area contributed by atoms with Crippen LogP contribution in [0.1, 0.15) is 40.5 Å². The van der Waals surface area contributed by atoms with Gasteiger partial charge in [-0.3, -0.25) is 0 Å². The van der Waals surface area contributed by atoms with E-state index < -0.39 is 19.9 Å². The lowest BCUT2D eigenvalue weighted by Crippen LogP contribution is -2.49. The number of nitrogens with one attached hydrogen (secondary N) is 1. The number of likely N-dealkylation sites (N-methyl/N-ethyl adjacent to an activating group) is 1. The first-order valence-electron chi connectivity index (χ1n) is 9.56. The second-order valence-corrected chi connectivity index (χ2v) is 13.0. The van der Waals surface area contributed by atoms with Gasteiger partial charge >= 0.3 is 0 Å². The standard InChI is InChI=1S/C9H19NO2S.C8H18N2O2S/c1-8(2)13(11,12)7-9-3-5-10-6-4-9;1-8(2)13(11,12)10-6-4-9(3)5-7-10/h8-10H,3-7H2,1-2H3;8H,4-7H2,1-3H3. The summed E-state index contributed by atoms with van der Waals surface area (Å²) in [6.45, 7) is 11.9. The lowest BCUT2D eigenvalue weighted by atomic mass is 10.0. The van der Waals surface area contributed by atoms with Gasteiger partial charge in [-0.15, -0.1) is 0 Å². The molecule has 2 saturated heterocycles. The molecule has 0 unspecified atom stereocenters. The van der Waals surface area contributed by atoms with E-state index in [-0.39, 0.29) is 10.5 Å². The second-order valence-electron chi connectivity index (χ2n) is 7.87. The lowest BCUT2D eigenvalue weighted by molar-refractivity contribution is 0.221. The molecule has 2 rings (SSSR count). The Kier molecular flexibility index (Phi) is 9.49. The summed E-state index contributed by atoms with van der Waals surface area (Å²) in [5.41, 5.74) is 0. The molecule has 0 amide bonds. The molecule has 1 N–H and O–H groups in total. The van der Waals surface area contributed by atoms with Crippen molar-refractivity contribution in [2.75, 3.05) is 52.1 Å². The van der Waals surface area contributed by atoms with Crippen LogP contribution in [0.5, 0.6) is 0 Å². The molecule has 0 aromatic carbocycles. The number of rotatable bonds is 5. The van der Waals surface area contributed by atoms with Gasteiger partial charge in [0.1, 0.15) is 0 Å². The minimum Gasteiger partial charge on any atom is -0.317 e. The van der Waals surface area contributed by atoms with Crippen LogP contribution in [-0.4, -0.2) is 88.6 Å². The van der Waals surface area contributed by atoms with Crippen LogP contribution in [0, 0.1) is 5.92 Å². The van der Waals surface area contributed by atoms with Crippen molar-refractivity contribution in [1.29, 1.82) is 0 Å². The van der Waals surface area contributed by atoms with E-state index in [1.807, 2.05) is 7.05 Å². The molecule has 2 heterocycles. The molecule has 7 nitrogen and oxygen atoms in total. The van der Waals surface area contributed by atoms with Gasteiger partial charge in [-0.1, -0.05) is 0 Å². The Morgan fingerprint density at radius 3 is 1.81 bits per heavy atom. The molecular formula is C17H37N3O4S2. The third-order valence-corrected chi connectivity index (χ3v) is 9.71. The molecule has 0 radical (unpaired) electrons. The van der Waals surface area contributed by atoms with E-state index >= 15 is 0 Å². The van der Waals surface area contributed by atoms with Gasteiger partial charge in [0, 0.05) is 26.2 Å². The summed E-state index contributed by atoms with van der Waals surface area (Å²) in [5, 5.41) is 2.72. The minimum absolute atomic E-state index is 0.220. The molecule has 9 heteroatoms. The van der Waals surface area contributed by atoms with Crippen molar-refractivity contribution in [3.05, 3.63) is 0 Å². The van der Waals surface area contributed by atoms with Crippen molar-refractivity contribution in [1.82, 2.24) is 14.5 Å². The first-order valence-corrected chi connectivity index (χ1v) is 12.8. The highest BCUT2D eigenvalue weighted by Crippen LogP contribution is 2.16. The molecule has 0 bridgehead atoms. The van der Waals surface area contributed by atoms with Crippen molar-refractivity contribution in [3.8, 4) is 0 Å². The van der Waals surface area contributed by atoms with Crippen molar-refractivity contribution in [2.24, 2.45) is 5.92 Å². The maximum atomic E-state index is 11.7. The largest absolute Gasteiger partial charge is 0.317 e. The summed E-state index contributed by atoms with van der Waals surface area (Å²) in [6.07, 6.45) is 2.01.